The third kappa shape index (κ3) is 3.90. The maximum absolute atomic E-state index is 13.3. The van der Waals surface area contributed by atoms with E-state index in [1.165, 1.54) is 29.5 Å². The van der Waals surface area contributed by atoms with Gasteiger partial charge in [0.25, 0.3) is 5.91 Å². The van der Waals surface area contributed by atoms with Gasteiger partial charge in [0.2, 0.25) is 5.78 Å². The number of fused-ring (bicyclic) bond motifs is 1. The van der Waals surface area contributed by atoms with Gasteiger partial charge in [0.05, 0.1) is 20.9 Å². The summed E-state index contributed by atoms with van der Waals surface area (Å²) in [5.41, 5.74) is 8.09. The van der Waals surface area contributed by atoms with E-state index in [1.54, 1.807) is 12.1 Å². The highest BCUT2D eigenvalue weighted by Crippen LogP contribution is 2.36. The molecule has 2 aromatic carbocycles. The quantitative estimate of drug-likeness (QED) is 0.250. The Balaban J connectivity index is 1.86. The number of piperidine rings is 1. The molecule has 8 nitrogen and oxygen atoms in total. The molecular weight excluding hydrogens is 481 g/mol. The number of ketones is 1. The smallest absolute Gasteiger partial charge is 0.302 e. The van der Waals surface area contributed by atoms with E-state index in [-0.39, 0.29) is 26.5 Å². The Kier molecular flexibility index (Phi) is 5.71. The summed E-state index contributed by atoms with van der Waals surface area (Å²) in [4.78, 5) is 44.5. The lowest BCUT2D eigenvalue weighted by molar-refractivity contribution is -0.139. The number of carbonyl (C=O) groups excluding carboxylic acids is 3. The van der Waals surface area contributed by atoms with Gasteiger partial charge in [-0.25, -0.2) is 9.88 Å². The molecule has 31 heavy (non-hydrogen) atoms. The number of rotatable bonds is 3. The van der Waals surface area contributed by atoms with Gasteiger partial charge in [-0.1, -0.05) is 35.3 Å². The van der Waals surface area contributed by atoms with Gasteiger partial charge < -0.3 is 5.73 Å². The van der Waals surface area contributed by atoms with E-state index < -0.39 is 23.5 Å². The number of aromatic nitrogens is 1. The number of thiazole rings is 1. The average molecular weight is 492 g/mol. The molecule has 156 valence electrons. The minimum absolute atomic E-state index is 0.000177. The molecule has 0 radical (unpaired) electrons. The fourth-order valence-corrected chi connectivity index (χ4v) is 4.65. The monoisotopic (exact) mass is 491 g/mol. The summed E-state index contributed by atoms with van der Waals surface area (Å²) in [5.74, 6) is -4.13. The first-order valence-corrected chi connectivity index (χ1v) is 10.6. The summed E-state index contributed by atoms with van der Waals surface area (Å²) in [6.45, 7) is 0. The lowest BCUT2D eigenvalue weighted by atomic mass is 9.92. The Bertz CT molecular complexity index is 1270. The van der Waals surface area contributed by atoms with Gasteiger partial charge in [-0.2, -0.15) is 5.10 Å². The number of thiocarbonyl (C=S) groups is 1. The Morgan fingerprint density at radius 3 is 2.58 bits per heavy atom. The largest absolute Gasteiger partial charge is 0.375 e. The maximum atomic E-state index is 13.3. The molecule has 0 unspecified atom stereocenters. The zero-order chi connectivity index (χ0) is 22.3. The van der Waals surface area contributed by atoms with Crippen LogP contribution in [0.4, 0.5) is 5.69 Å². The number of benzene rings is 2. The van der Waals surface area contributed by atoms with E-state index in [0.29, 0.717) is 15.4 Å². The molecule has 0 spiro atoms. The van der Waals surface area contributed by atoms with Crippen LogP contribution in [0.1, 0.15) is 10.9 Å². The van der Waals surface area contributed by atoms with E-state index in [9.17, 15) is 14.4 Å². The first kappa shape index (κ1) is 21.3. The number of nitrogens with two attached hydrogens (primary N) is 1. The van der Waals surface area contributed by atoms with Crippen LogP contribution in [0.2, 0.25) is 10.0 Å². The second-order valence-corrected chi connectivity index (χ2v) is 8.68. The maximum Gasteiger partial charge on any atom is 0.302 e. The lowest BCUT2D eigenvalue weighted by Crippen LogP contribution is -2.55. The first-order valence-electron chi connectivity index (χ1n) is 8.64. The zero-order valence-electron chi connectivity index (χ0n) is 15.3. The van der Waals surface area contributed by atoms with Crippen molar-refractivity contribution in [3.63, 3.8) is 0 Å². The van der Waals surface area contributed by atoms with Gasteiger partial charge in [0.1, 0.15) is 16.6 Å². The molecule has 3 aromatic rings. The van der Waals surface area contributed by atoms with Crippen LogP contribution in [0, 0.1) is 0 Å². The Labute approximate surface area is 194 Å². The number of carbonyl (C=O) groups is 3. The number of halogens is 2. The van der Waals surface area contributed by atoms with Crippen molar-refractivity contribution in [2.45, 2.75) is 5.92 Å². The average Bonchev–Trinajstić information content (AvgIpc) is 3.14. The van der Waals surface area contributed by atoms with Gasteiger partial charge >= 0.3 is 5.91 Å². The van der Waals surface area contributed by atoms with Crippen molar-refractivity contribution in [3.05, 3.63) is 57.5 Å². The predicted molar refractivity (Wildman–Crippen MR) is 124 cm³/mol. The number of nitrogens with zero attached hydrogens (tertiary/aromatic N) is 3. The molecule has 0 saturated carbocycles. The number of hydrogen-bond acceptors (Lipinski definition) is 7. The number of amides is 2. The van der Waals surface area contributed by atoms with E-state index in [2.05, 4.69) is 15.5 Å². The number of hydrazone groups is 1. The Morgan fingerprint density at radius 2 is 1.90 bits per heavy atom. The fourth-order valence-electron chi connectivity index (χ4n) is 3.04. The number of Topliss-reactive ketones (excluding diaryl/α,β-unsaturated/α-hetero) is 1. The molecule has 0 aliphatic carbocycles. The van der Waals surface area contributed by atoms with Gasteiger partial charge in [-0.15, -0.1) is 11.3 Å². The van der Waals surface area contributed by atoms with Crippen LogP contribution >= 0.6 is 46.8 Å². The summed E-state index contributed by atoms with van der Waals surface area (Å²) in [6.07, 6.45) is 0. The topological polar surface area (TPSA) is 118 Å². The molecule has 2 amide bonds. The molecule has 1 aliphatic rings. The summed E-state index contributed by atoms with van der Waals surface area (Å²) in [7, 11) is 0. The molecule has 12 heteroatoms. The van der Waals surface area contributed by atoms with Crippen LogP contribution in [0.25, 0.3) is 10.2 Å². The van der Waals surface area contributed by atoms with Gasteiger partial charge in [-0.05, 0) is 42.5 Å². The molecule has 1 saturated heterocycles. The molecule has 1 atom stereocenters. The highest BCUT2D eigenvalue weighted by Gasteiger charge is 2.49. The van der Waals surface area contributed by atoms with Crippen LogP contribution in [-0.4, -0.2) is 33.4 Å². The van der Waals surface area contributed by atoms with Crippen molar-refractivity contribution in [2.75, 3.05) is 4.90 Å². The summed E-state index contributed by atoms with van der Waals surface area (Å²) in [5, 5.41) is 4.28. The molecule has 3 N–H and O–H groups in total. The highest BCUT2D eigenvalue weighted by molar-refractivity contribution is 7.80. The van der Waals surface area contributed by atoms with Crippen molar-refractivity contribution in [2.24, 2.45) is 10.8 Å². The van der Waals surface area contributed by atoms with E-state index in [1.807, 2.05) is 12.1 Å². The van der Waals surface area contributed by atoms with Crippen molar-refractivity contribution in [1.29, 1.82) is 0 Å². The number of nitrogens with one attached hydrogen (secondary N) is 1. The molecule has 0 bridgehead atoms. The summed E-state index contributed by atoms with van der Waals surface area (Å²) in [6, 6.07) is 11.3. The van der Waals surface area contributed by atoms with Crippen molar-refractivity contribution in [3.8, 4) is 0 Å². The summed E-state index contributed by atoms with van der Waals surface area (Å²) < 4.78 is 0.787. The summed E-state index contributed by atoms with van der Waals surface area (Å²) >= 11 is 18.0. The Hall–Kier alpha value is -2.92. The van der Waals surface area contributed by atoms with Gasteiger partial charge in [0.15, 0.2) is 5.11 Å². The number of hydrogen-bond donors (Lipinski definition) is 2. The second kappa shape index (κ2) is 8.31. The van der Waals surface area contributed by atoms with Gasteiger partial charge in [0, 0.05) is 5.02 Å². The lowest BCUT2D eigenvalue weighted by Gasteiger charge is -2.29. The molecule has 2 heterocycles. The zero-order valence-corrected chi connectivity index (χ0v) is 18.5. The van der Waals surface area contributed by atoms with Crippen molar-refractivity contribution in [1.82, 2.24) is 10.4 Å². The van der Waals surface area contributed by atoms with E-state index >= 15 is 0 Å². The third-order valence-corrected chi connectivity index (χ3v) is 6.10. The minimum Gasteiger partial charge on any atom is -0.375 e. The number of para-hydroxylation sites is 1. The van der Waals surface area contributed by atoms with Gasteiger partial charge in [-0.3, -0.25) is 19.8 Å². The van der Waals surface area contributed by atoms with Crippen LogP contribution in [0.5, 0.6) is 0 Å². The second-order valence-electron chi connectivity index (χ2n) is 6.33. The first-order chi connectivity index (χ1) is 14.8. The minimum atomic E-state index is -1.32. The standard InChI is InChI=1S/C19H11Cl2N5O3S2/c20-8-5-6-11(9(21)7-8)26-17(28)14(24-25-19(22)30)13(15(27)18(26)29)16-23-10-3-1-2-4-12(10)31-16/h1-7,13H,(H3,22,25,30)/b24-14-/t13-/m0/s1. The fraction of sp³-hybridized carbons (Fsp3) is 0.0526. The molecule has 1 aliphatic heterocycles. The molecule has 1 aromatic heterocycles. The van der Waals surface area contributed by atoms with E-state index in [0.717, 1.165) is 4.70 Å². The number of imide groups is 1. The van der Waals surface area contributed by atoms with E-state index in [4.69, 9.17) is 41.2 Å². The van der Waals surface area contributed by atoms with Crippen LogP contribution in [0.15, 0.2) is 47.6 Å². The van der Waals surface area contributed by atoms with Crippen molar-refractivity contribution < 1.29 is 14.4 Å². The molecular formula is C19H11Cl2N5O3S2. The molecule has 1 fully saturated rings. The van der Waals surface area contributed by atoms with Crippen LogP contribution in [-0.2, 0) is 14.4 Å². The Morgan fingerprint density at radius 1 is 1.16 bits per heavy atom. The predicted octanol–water partition coefficient (Wildman–Crippen LogP) is 3.02. The molecule has 4 rings (SSSR count). The highest BCUT2D eigenvalue weighted by atomic mass is 35.5. The third-order valence-electron chi connectivity index (χ3n) is 4.37. The van der Waals surface area contributed by atoms with Crippen LogP contribution in [0.3, 0.4) is 0 Å². The number of anilines is 1. The van der Waals surface area contributed by atoms with Crippen LogP contribution < -0.4 is 16.1 Å². The SMILES string of the molecule is NC(=S)N/N=C1\C(=O)N(c2ccc(Cl)cc2Cl)C(=O)C(=O)[C@H]1c1nc2ccccc2s1. The van der Waals surface area contributed by atoms with Crippen molar-refractivity contribution >= 4 is 91.1 Å². The normalized spacial score (nSPS) is 18.1.